The van der Waals surface area contributed by atoms with Crippen LogP contribution in [0.1, 0.15) is 4.88 Å². The number of benzene rings is 1. The molecule has 0 saturated carbocycles. The van der Waals surface area contributed by atoms with Crippen molar-refractivity contribution in [1.29, 1.82) is 0 Å². The Labute approximate surface area is 143 Å². The molecule has 2 aromatic heterocycles. The summed E-state index contributed by atoms with van der Waals surface area (Å²) in [6.07, 6.45) is 1.56. The van der Waals surface area contributed by atoms with Crippen molar-refractivity contribution in [2.75, 3.05) is 6.54 Å². The maximum atomic E-state index is 12.9. The summed E-state index contributed by atoms with van der Waals surface area (Å²) in [5, 5.41) is 2.47. The molecule has 0 aliphatic carbocycles. The summed E-state index contributed by atoms with van der Waals surface area (Å²) < 4.78 is 32.3. The van der Waals surface area contributed by atoms with Crippen LogP contribution in [-0.4, -0.2) is 19.3 Å². The molecule has 3 rings (SSSR count). The summed E-state index contributed by atoms with van der Waals surface area (Å²) in [5.41, 5.74) is -0.112. The average molecular weight is 361 g/mol. The van der Waals surface area contributed by atoms with Gasteiger partial charge in [-0.15, -0.1) is 17.9 Å². The van der Waals surface area contributed by atoms with Crippen molar-refractivity contribution in [2.24, 2.45) is 0 Å². The molecule has 0 radical (unpaired) electrons. The van der Waals surface area contributed by atoms with Gasteiger partial charge in [-0.25, -0.2) is 13.2 Å². The molecule has 0 fully saturated rings. The molecule has 24 heavy (non-hydrogen) atoms. The fraction of sp³-hybridized carbons (Fsp3) is 0.118. The Balaban J connectivity index is 2.01. The van der Waals surface area contributed by atoms with Gasteiger partial charge in [-0.2, -0.15) is 4.31 Å². The number of thiophene rings is 1. The Morgan fingerprint density at radius 3 is 2.75 bits per heavy atom. The van der Waals surface area contributed by atoms with Gasteiger partial charge >= 0.3 is 5.63 Å². The first-order valence-corrected chi connectivity index (χ1v) is 9.50. The van der Waals surface area contributed by atoms with Gasteiger partial charge in [0, 0.05) is 29.4 Å². The first-order chi connectivity index (χ1) is 11.5. The van der Waals surface area contributed by atoms with Crippen molar-refractivity contribution in [3.05, 3.63) is 75.8 Å². The summed E-state index contributed by atoms with van der Waals surface area (Å²) >= 11 is 1.50. The smallest absolute Gasteiger partial charge is 0.336 e. The fourth-order valence-electron chi connectivity index (χ4n) is 2.33. The minimum Gasteiger partial charge on any atom is -0.423 e. The normalized spacial score (nSPS) is 11.9. The third kappa shape index (κ3) is 3.33. The molecule has 0 amide bonds. The highest BCUT2D eigenvalue weighted by Gasteiger charge is 2.24. The Morgan fingerprint density at radius 1 is 1.21 bits per heavy atom. The Kier molecular flexibility index (Phi) is 4.66. The van der Waals surface area contributed by atoms with Crippen LogP contribution in [0.25, 0.3) is 11.0 Å². The highest BCUT2D eigenvalue weighted by molar-refractivity contribution is 7.89. The van der Waals surface area contributed by atoms with Crippen LogP contribution in [0.5, 0.6) is 0 Å². The minimum absolute atomic E-state index is 0.155. The van der Waals surface area contributed by atoms with Gasteiger partial charge in [0.15, 0.2) is 0 Å². The monoisotopic (exact) mass is 361 g/mol. The van der Waals surface area contributed by atoms with Gasteiger partial charge in [0.05, 0.1) is 4.90 Å². The van der Waals surface area contributed by atoms with Crippen molar-refractivity contribution in [2.45, 2.75) is 11.4 Å². The topological polar surface area (TPSA) is 67.6 Å². The Morgan fingerprint density at radius 2 is 2.04 bits per heavy atom. The van der Waals surface area contributed by atoms with E-state index in [1.165, 1.54) is 39.9 Å². The minimum atomic E-state index is -3.69. The molecule has 0 saturated heterocycles. The lowest BCUT2D eigenvalue weighted by molar-refractivity contribution is 0.441. The molecule has 0 aliphatic rings. The molecule has 124 valence electrons. The van der Waals surface area contributed by atoms with E-state index in [1.54, 1.807) is 12.1 Å². The lowest BCUT2D eigenvalue weighted by Crippen LogP contribution is -2.30. The third-order valence-electron chi connectivity index (χ3n) is 3.47. The second kappa shape index (κ2) is 6.72. The van der Waals surface area contributed by atoms with Crippen molar-refractivity contribution >= 4 is 32.3 Å². The largest absolute Gasteiger partial charge is 0.423 e. The van der Waals surface area contributed by atoms with Crippen molar-refractivity contribution in [3.8, 4) is 0 Å². The molecule has 5 nitrogen and oxygen atoms in total. The second-order valence-corrected chi connectivity index (χ2v) is 8.09. The van der Waals surface area contributed by atoms with Gasteiger partial charge in [0.1, 0.15) is 5.58 Å². The average Bonchev–Trinajstić information content (AvgIpc) is 3.07. The predicted octanol–water partition coefficient (Wildman–Crippen LogP) is 3.23. The van der Waals surface area contributed by atoms with Crippen LogP contribution in [0.2, 0.25) is 0 Å². The molecule has 1 aromatic carbocycles. The molecule has 7 heteroatoms. The predicted molar refractivity (Wildman–Crippen MR) is 94.6 cm³/mol. The summed E-state index contributed by atoms with van der Waals surface area (Å²) in [4.78, 5) is 12.3. The molecular formula is C17H15NO4S2. The highest BCUT2D eigenvalue weighted by atomic mass is 32.2. The van der Waals surface area contributed by atoms with E-state index < -0.39 is 15.6 Å². The van der Waals surface area contributed by atoms with Crippen LogP contribution < -0.4 is 5.63 Å². The third-order valence-corrected chi connectivity index (χ3v) is 6.14. The van der Waals surface area contributed by atoms with E-state index in [-0.39, 0.29) is 18.0 Å². The number of hydrogen-bond donors (Lipinski definition) is 0. The van der Waals surface area contributed by atoms with E-state index in [4.69, 9.17) is 4.42 Å². The zero-order valence-corrected chi connectivity index (χ0v) is 14.3. The van der Waals surface area contributed by atoms with Crippen molar-refractivity contribution in [1.82, 2.24) is 4.31 Å². The van der Waals surface area contributed by atoms with Crippen LogP contribution in [0.3, 0.4) is 0 Å². The molecule has 0 atom stereocenters. The van der Waals surface area contributed by atoms with Crippen molar-refractivity contribution < 1.29 is 12.8 Å². The molecule has 0 bridgehead atoms. The van der Waals surface area contributed by atoms with Gasteiger partial charge in [-0.1, -0.05) is 12.1 Å². The SMILES string of the molecule is C=CCN(Cc1cccs1)S(=O)(=O)c1ccc2oc(=O)ccc2c1. The fourth-order valence-corrected chi connectivity index (χ4v) is 4.55. The van der Waals surface area contributed by atoms with E-state index >= 15 is 0 Å². The van der Waals surface area contributed by atoms with Gasteiger partial charge in [-0.3, -0.25) is 0 Å². The summed E-state index contributed by atoms with van der Waals surface area (Å²) in [5.74, 6) is 0. The number of hydrogen-bond acceptors (Lipinski definition) is 5. The van der Waals surface area contributed by atoms with Crippen LogP contribution in [0.4, 0.5) is 0 Å². The summed E-state index contributed by atoms with van der Waals surface area (Å²) in [7, 11) is -3.69. The van der Waals surface area contributed by atoms with Gasteiger partial charge < -0.3 is 4.42 Å². The summed E-state index contributed by atoms with van der Waals surface area (Å²) in [6.45, 7) is 4.14. The number of rotatable bonds is 6. The molecule has 3 aromatic rings. The summed E-state index contributed by atoms with van der Waals surface area (Å²) in [6, 6.07) is 11.1. The molecule has 0 spiro atoms. The van der Waals surface area contributed by atoms with E-state index in [0.717, 1.165) is 4.88 Å². The molecule has 0 N–H and O–H groups in total. The van der Waals surface area contributed by atoms with Gasteiger partial charge in [0.2, 0.25) is 10.0 Å². The van der Waals surface area contributed by atoms with Crippen LogP contribution in [0.15, 0.2) is 74.6 Å². The standard InChI is InChI=1S/C17H15NO4S2/c1-2-9-18(12-14-4-3-10-23-14)24(20,21)15-6-7-16-13(11-15)5-8-17(19)22-16/h2-8,10-11H,1,9,12H2. The molecule has 0 unspecified atom stereocenters. The number of fused-ring (bicyclic) bond motifs is 1. The van der Waals surface area contributed by atoms with Crippen LogP contribution in [-0.2, 0) is 16.6 Å². The lowest BCUT2D eigenvalue weighted by Gasteiger charge is -2.20. The second-order valence-electron chi connectivity index (χ2n) is 5.12. The lowest BCUT2D eigenvalue weighted by atomic mass is 10.2. The molecule has 0 aliphatic heterocycles. The first kappa shape index (κ1) is 16.6. The zero-order chi connectivity index (χ0) is 17.2. The molecular weight excluding hydrogens is 346 g/mol. The Hall–Kier alpha value is -2.22. The number of sulfonamides is 1. The van der Waals surface area contributed by atoms with E-state index in [0.29, 0.717) is 11.0 Å². The van der Waals surface area contributed by atoms with Gasteiger partial charge in [-0.05, 0) is 35.7 Å². The Bertz CT molecular complexity index is 1020. The zero-order valence-electron chi connectivity index (χ0n) is 12.7. The van der Waals surface area contributed by atoms with Crippen LogP contribution in [0, 0.1) is 0 Å². The quantitative estimate of drug-likeness (QED) is 0.499. The maximum Gasteiger partial charge on any atom is 0.336 e. The van der Waals surface area contributed by atoms with E-state index in [1.807, 2.05) is 17.5 Å². The first-order valence-electron chi connectivity index (χ1n) is 7.18. The molecule has 2 heterocycles. The highest BCUT2D eigenvalue weighted by Crippen LogP contribution is 2.23. The van der Waals surface area contributed by atoms with E-state index in [2.05, 4.69) is 6.58 Å². The van der Waals surface area contributed by atoms with Crippen LogP contribution >= 0.6 is 11.3 Å². The van der Waals surface area contributed by atoms with Crippen molar-refractivity contribution in [3.63, 3.8) is 0 Å². The van der Waals surface area contributed by atoms with E-state index in [9.17, 15) is 13.2 Å². The van der Waals surface area contributed by atoms with Gasteiger partial charge in [0.25, 0.3) is 0 Å². The maximum absolute atomic E-state index is 12.9. The number of nitrogens with zero attached hydrogens (tertiary/aromatic N) is 1.